The molecule has 11 nitrogen and oxygen atoms in total. The van der Waals surface area contributed by atoms with Crippen LogP contribution in [0.3, 0.4) is 0 Å². The molecular formula is C10H13N6O5P. The van der Waals surface area contributed by atoms with Crippen LogP contribution in [0.2, 0.25) is 0 Å². The fourth-order valence-corrected chi connectivity index (χ4v) is 2.35. The molecule has 1 aliphatic rings. The molecule has 2 aromatic rings. The third kappa shape index (κ3) is 2.60. The highest BCUT2D eigenvalue weighted by atomic mass is 31.1. The molecular weight excluding hydrogens is 315 g/mol. The van der Waals surface area contributed by atoms with Crippen molar-refractivity contribution in [3.63, 3.8) is 0 Å². The van der Waals surface area contributed by atoms with Gasteiger partial charge in [-0.1, -0.05) is 0 Å². The van der Waals surface area contributed by atoms with E-state index in [1.54, 1.807) is 4.57 Å². The summed E-state index contributed by atoms with van der Waals surface area (Å²) < 4.78 is 22.7. The van der Waals surface area contributed by atoms with Crippen molar-refractivity contribution in [3.8, 4) is 0 Å². The maximum Gasteiger partial charge on any atom is 0.299 e. The lowest BCUT2D eigenvalue weighted by Gasteiger charge is -2.19. The van der Waals surface area contributed by atoms with Gasteiger partial charge in [0.15, 0.2) is 11.5 Å². The Bertz CT molecular complexity index is 721. The zero-order valence-electron chi connectivity index (χ0n) is 11.2. The number of nitrogens with two attached hydrogens (primary N) is 2. The zero-order valence-corrected chi connectivity index (χ0v) is 12.1. The summed E-state index contributed by atoms with van der Waals surface area (Å²) in [6.07, 6.45) is -0.431. The molecule has 118 valence electrons. The molecule has 0 unspecified atom stereocenters. The second-order valence-electron chi connectivity index (χ2n) is 4.74. The van der Waals surface area contributed by atoms with Gasteiger partial charge in [-0.3, -0.25) is 4.57 Å². The van der Waals surface area contributed by atoms with Crippen molar-refractivity contribution in [2.24, 2.45) is 0 Å². The van der Waals surface area contributed by atoms with E-state index < -0.39 is 26.4 Å². The van der Waals surface area contributed by atoms with E-state index >= 15 is 0 Å². The van der Waals surface area contributed by atoms with E-state index in [1.165, 1.54) is 6.33 Å². The average Bonchev–Trinajstić information content (AvgIpc) is 3.08. The van der Waals surface area contributed by atoms with Gasteiger partial charge in [0.2, 0.25) is 20.7 Å². The molecule has 0 radical (unpaired) electrons. The van der Waals surface area contributed by atoms with Crippen LogP contribution < -0.4 is 11.5 Å². The Morgan fingerprint density at radius 2 is 2.23 bits per heavy atom. The summed E-state index contributed by atoms with van der Waals surface area (Å²) >= 11 is 0. The second kappa shape index (κ2) is 5.38. The Labute approximate surface area is 125 Å². The molecule has 0 aromatic carbocycles. The molecule has 0 bridgehead atoms. The lowest BCUT2D eigenvalue weighted by Crippen LogP contribution is -2.37. The topological polar surface area (TPSA) is 172 Å². The molecule has 0 aliphatic carbocycles. The van der Waals surface area contributed by atoms with E-state index in [9.17, 15) is 14.8 Å². The Kier molecular flexibility index (Phi) is 3.67. The molecule has 0 amide bonds. The number of rotatable bonds is 4. The minimum atomic E-state index is -2.59. The third-order valence-electron chi connectivity index (χ3n) is 3.11. The molecule has 1 fully saturated rings. The molecule has 22 heavy (non-hydrogen) atoms. The molecule has 12 heteroatoms. The number of anilines is 2. The molecule has 0 saturated carbocycles. The summed E-state index contributed by atoms with van der Waals surface area (Å²) in [6, 6.07) is 0. The van der Waals surface area contributed by atoms with Crippen LogP contribution in [0, 0.1) is 0 Å². The van der Waals surface area contributed by atoms with Gasteiger partial charge in [-0.2, -0.15) is 9.97 Å². The van der Waals surface area contributed by atoms with Crippen LogP contribution >= 0.6 is 8.46 Å². The van der Waals surface area contributed by atoms with Gasteiger partial charge in [-0.25, -0.2) is 4.98 Å². The smallest absolute Gasteiger partial charge is 0.299 e. The number of hydrogen-bond acceptors (Lipinski definition) is 10. The first-order chi connectivity index (χ1) is 10.4. The number of imidazole rings is 1. The van der Waals surface area contributed by atoms with Crippen LogP contribution in [0.25, 0.3) is 11.2 Å². The van der Waals surface area contributed by atoms with Crippen LogP contribution in [-0.2, 0) is 20.6 Å². The lowest BCUT2D eigenvalue weighted by atomic mass is 10.4. The second-order valence-corrected chi connectivity index (χ2v) is 5.58. The van der Waals surface area contributed by atoms with Gasteiger partial charge in [-0.15, -0.1) is 0 Å². The maximum absolute atomic E-state index is 10.7. The first kappa shape index (κ1) is 15.0. The molecule has 6 N–H and O–H groups in total. The Morgan fingerprint density at radius 1 is 1.45 bits per heavy atom. The standard InChI is InChI=1S/C10H13N6O5P/c11-6-5-7(15-9(12)14-6)16(3-13-5)1-4-2-20-8(21-4)10(17,18)22-19/h3-4,8,17-18H,1-2H2,(H4,11,12,14,15)/t4-,8-/m0/s1. The van der Waals surface area contributed by atoms with Gasteiger partial charge >= 0.3 is 0 Å². The Balaban J connectivity index is 1.79. The summed E-state index contributed by atoms with van der Waals surface area (Å²) in [6.45, 7) is 0.341. The first-order valence-electron chi connectivity index (χ1n) is 6.21. The largest absolute Gasteiger partial charge is 0.382 e. The van der Waals surface area contributed by atoms with Crippen molar-refractivity contribution in [1.29, 1.82) is 0 Å². The summed E-state index contributed by atoms with van der Waals surface area (Å²) in [7, 11) is -0.910. The maximum atomic E-state index is 10.7. The van der Waals surface area contributed by atoms with Gasteiger partial charge in [0.1, 0.15) is 11.6 Å². The first-order valence-corrected chi connectivity index (χ1v) is 7.02. The normalized spacial score (nSPS) is 22.6. The Hall–Kier alpha value is -1.91. The highest BCUT2D eigenvalue weighted by molar-refractivity contribution is 7.25. The molecule has 2 aromatic heterocycles. The van der Waals surface area contributed by atoms with E-state index in [0.717, 1.165) is 0 Å². The van der Waals surface area contributed by atoms with Crippen LogP contribution in [0.4, 0.5) is 11.8 Å². The molecule has 3 heterocycles. The number of nitrogens with zero attached hydrogens (tertiary/aromatic N) is 4. The van der Waals surface area contributed by atoms with E-state index in [-0.39, 0.29) is 24.9 Å². The summed E-state index contributed by atoms with van der Waals surface area (Å²) in [4.78, 5) is 12.0. The zero-order chi connectivity index (χ0) is 15.9. The van der Waals surface area contributed by atoms with Gasteiger partial charge in [0.05, 0.1) is 19.5 Å². The van der Waals surface area contributed by atoms with Crippen LogP contribution in [0.15, 0.2) is 6.33 Å². The lowest BCUT2D eigenvalue weighted by molar-refractivity contribution is -0.237. The average molecular weight is 328 g/mol. The van der Waals surface area contributed by atoms with Crippen molar-refractivity contribution < 1.29 is 24.3 Å². The molecule has 1 saturated heterocycles. The quantitative estimate of drug-likeness (QED) is 0.389. The number of aliphatic hydroxyl groups is 2. The summed E-state index contributed by atoms with van der Waals surface area (Å²) in [5.41, 5.74) is 9.51. The molecule has 3 rings (SSSR count). The van der Waals surface area contributed by atoms with Crippen LogP contribution in [0.1, 0.15) is 0 Å². The third-order valence-corrected chi connectivity index (χ3v) is 3.59. The summed E-state index contributed by atoms with van der Waals surface area (Å²) in [5, 5.41) is 18.8. The summed E-state index contributed by atoms with van der Waals surface area (Å²) in [5.74, 6) is 0.181. The van der Waals surface area contributed by atoms with Crippen molar-refractivity contribution in [1.82, 2.24) is 19.5 Å². The SMILES string of the molecule is Nc1nc(N)c2ncn(C[C@H]3CO[C@H](C(O)(O)P=O)O3)c2n1. The number of aromatic nitrogens is 4. The number of ether oxygens (including phenoxy) is 2. The van der Waals surface area contributed by atoms with E-state index in [0.29, 0.717) is 11.2 Å². The fourth-order valence-electron chi connectivity index (χ4n) is 2.13. The number of nitrogen functional groups attached to an aromatic ring is 2. The molecule has 0 spiro atoms. The highest BCUT2D eigenvalue weighted by Gasteiger charge is 2.44. The molecule has 1 aliphatic heterocycles. The van der Waals surface area contributed by atoms with Crippen LogP contribution in [0.5, 0.6) is 0 Å². The van der Waals surface area contributed by atoms with E-state index in [2.05, 4.69) is 15.0 Å². The van der Waals surface area contributed by atoms with Crippen molar-refractivity contribution in [2.45, 2.75) is 24.5 Å². The van der Waals surface area contributed by atoms with Gasteiger partial charge in [0, 0.05) is 0 Å². The fraction of sp³-hybridized carbons (Fsp3) is 0.500. The van der Waals surface area contributed by atoms with Crippen LogP contribution in [-0.4, -0.2) is 54.3 Å². The predicted molar refractivity (Wildman–Crippen MR) is 73.5 cm³/mol. The van der Waals surface area contributed by atoms with Gasteiger partial charge < -0.3 is 35.7 Å². The van der Waals surface area contributed by atoms with E-state index in [4.69, 9.17) is 20.9 Å². The minimum Gasteiger partial charge on any atom is -0.382 e. The van der Waals surface area contributed by atoms with Crippen molar-refractivity contribution in [3.05, 3.63) is 6.33 Å². The molecule has 2 atom stereocenters. The van der Waals surface area contributed by atoms with Gasteiger partial charge in [0.25, 0.3) is 5.53 Å². The van der Waals surface area contributed by atoms with Crippen molar-refractivity contribution in [2.75, 3.05) is 18.1 Å². The minimum absolute atomic E-state index is 0.0168. The predicted octanol–water partition coefficient (Wildman–Crippen LogP) is -1.34. The van der Waals surface area contributed by atoms with E-state index in [1.807, 2.05) is 0 Å². The van der Waals surface area contributed by atoms with Gasteiger partial charge in [-0.05, 0) is 0 Å². The monoisotopic (exact) mass is 328 g/mol. The number of hydrogen-bond donors (Lipinski definition) is 4. The Morgan fingerprint density at radius 3 is 2.95 bits per heavy atom. The van der Waals surface area contributed by atoms with Crippen molar-refractivity contribution >= 4 is 31.4 Å². The highest BCUT2D eigenvalue weighted by Crippen LogP contribution is 2.29. The number of fused-ring (bicyclic) bond motifs is 1.